The first-order valence-electron chi connectivity index (χ1n) is 10.9. The highest BCUT2D eigenvalue weighted by Gasteiger charge is 2.34. The van der Waals surface area contributed by atoms with Gasteiger partial charge < -0.3 is 19.9 Å². The maximum absolute atomic E-state index is 11.4. The topological polar surface area (TPSA) is 67.8 Å². The third kappa shape index (κ3) is 6.63. The Labute approximate surface area is 200 Å². The lowest BCUT2D eigenvalue weighted by atomic mass is 9.95. The highest BCUT2D eigenvalue weighted by Crippen LogP contribution is 2.30. The molecule has 0 aliphatic carbocycles. The van der Waals surface area contributed by atoms with Crippen molar-refractivity contribution in [1.29, 1.82) is 0 Å². The first kappa shape index (κ1) is 24.4. The first-order chi connectivity index (χ1) is 15.9. The van der Waals surface area contributed by atoms with Crippen LogP contribution in [0, 0.1) is 0 Å². The minimum absolute atomic E-state index is 0.288. The number of carboxylic acid groups (broad SMARTS) is 1. The maximum atomic E-state index is 11.4. The molecule has 0 aliphatic rings. The van der Waals surface area contributed by atoms with Crippen LogP contribution in [0.25, 0.3) is 0 Å². The van der Waals surface area contributed by atoms with E-state index in [-0.39, 0.29) is 6.42 Å². The second kappa shape index (κ2) is 11.6. The molecule has 0 unspecified atom stereocenters. The molecule has 0 fully saturated rings. The zero-order valence-electron chi connectivity index (χ0n) is 18.9. The van der Waals surface area contributed by atoms with E-state index in [0.717, 1.165) is 16.7 Å². The van der Waals surface area contributed by atoms with Gasteiger partial charge in [0.05, 0.1) is 0 Å². The van der Waals surface area contributed by atoms with Gasteiger partial charge in [-0.15, -0.1) is 0 Å². The predicted octanol–water partition coefficient (Wildman–Crippen LogP) is 5.13. The molecule has 2 N–H and O–H groups in total. The Morgan fingerprint density at radius 2 is 1.58 bits per heavy atom. The molecule has 3 aromatic rings. The fourth-order valence-corrected chi connectivity index (χ4v) is 3.73. The zero-order valence-corrected chi connectivity index (χ0v) is 19.7. The number of hydrogen-bond donors (Lipinski definition) is 2. The van der Waals surface area contributed by atoms with Crippen molar-refractivity contribution in [3.05, 3.63) is 102 Å². The van der Waals surface area contributed by atoms with E-state index in [2.05, 4.69) is 5.32 Å². The Balaban J connectivity index is 1.77. The number of ether oxygens (including phenoxy) is 2. The summed E-state index contributed by atoms with van der Waals surface area (Å²) in [6.07, 6.45) is -0.581. The SMILES string of the molecule is CCO[C@H](Cc1ccc(O[C@@](C)(C(=S)NCc2ccccc2)c2ccccc2)cc1)C(=O)O. The van der Waals surface area contributed by atoms with Crippen molar-refractivity contribution < 1.29 is 19.4 Å². The molecule has 2 atom stereocenters. The normalized spacial score (nSPS) is 13.5. The van der Waals surface area contributed by atoms with Gasteiger partial charge in [-0.2, -0.15) is 0 Å². The van der Waals surface area contributed by atoms with E-state index in [0.29, 0.717) is 23.9 Å². The molecule has 5 nitrogen and oxygen atoms in total. The Morgan fingerprint density at radius 1 is 0.970 bits per heavy atom. The van der Waals surface area contributed by atoms with Gasteiger partial charge in [-0.3, -0.25) is 0 Å². The minimum atomic E-state index is -0.969. The smallest absolute Gasteiger partial charge is 0.333 e. The van der Waals surface area contributed by atoms with Crippen molar-refractivity contribution in [2.24, 2.45) is 0 Å². The van der Waals surface area contributed by atoms with Crippen molar-refractivity contribution in [1.82, 2.24) is 5.32 Å². The van der Waals surface area contributed by atoms with Gasteiger partial charge >= 0.3 is 5.97 Å². The third-order valence-electron chi connectivity index (χ3n) is 5.36. The van der Waals surface area contributed by atoms with Crippen LogP contribution in [0.15, 0.2) is 84.9 Å². The molecule has 0 saturated heterocycles. The minimum Gasteiger partial charge on any atom is -0.479 e. The largest absolute Gasteiger partial charge is 0.479 e. The number of nitrogens with one attached hydrogen (secondary N) is 1. The van der Waals surface area contributed by atoms with Crippen LogP contribution in [0.2, 0.25) is 0 Å². The molecule has 3 rings (SSSR count). The Bertz CT molecular complexity index is 1040. The van der Waals surface area contributed by atoms with Crippen LogP contribution >= 0.6 is 12.2 Å². The summed E-state index contributed by atoms with van der Waals surface area (Å²) in [6, 6.07) is 27.3. The van der Waals surface area contributed by atoms with Crippen molar-refractivity contribution in [3.8, 4) is 5.75 Å². The summed E-state index contributed by atoms with van der Waals surface area (Å²) in [6.45, 7) is 4.68. The average Bonchev–Trinajstić information content (AvgIpc) is 2.84. The standard InChI is InChI=1S/C27H29NO4S/c1-3-31-24(25(29)30)18-20-14-16-23(17-15-20)32-27(2,22-12-8-5-9-13-22)26(33)28-19-21-10-6-4-7-11-21/h4-17,24H,3,18-19H2,1-2H3,(H,28,33)(H,29,30)/t24-,27-/m1/s1. The van der Waals surface area contributed by atoms with Crippen LogP contribution in [0.5, 0.6) is 5.75 Å². The van der Waals surface area contributed by atoms with Gasteiger partial charge in [0, 0.05) is 25.1 Å². The average molecular weight is 464 g/mol. The number of rotatable bonds is 11. The fraction of sp³-hybridized carbons (Fsp3) is 0.259. The van der Waals surface area contributed by atoms with Crippen molar-refractivity contribution >= 4 is 23.2 Å². The van der Waals surface area contributed by atoms with Crippen LogP contribution in [0.3, 0.4) is 0 Å². The Hall–Kier alpha value is -3.22. The molecular weight excluding hydrogens is 434 g/mol. The van der Waals surface area contributed by atoms with E-state index in [1.54, 1.807) is 6.92 Å². The van der Waals surface area contributed by atoms with E-state index in [4.69, 9.17) is 21.7 Å². The number of carboxylic acids is 1. The highest BCUT2D eigenvalue weighted by atomic mass is 32.1. The van der Waals surface area contributed by atoms with Gasteiger partial charge in [-0.25, -0.2) is 4.79 Å². The molecule has 3 aromatic carbocycles. The lowest BCUT2D eigenvalue weighted by Gasteiger charge is -2.32. The van der Waals surface area contributed by atoms with Crippen molar-refractivity contribution in [2.45, 2.75) is 38.5 Å². The number of benzene rings is 3. The van der Waals surface area contributed by atoms with Crippen molar-refractivity contribution in [3.63, 3.8) is 0 Å². The summed E-state index contributed by atoms with van der Waals surface area (Å²) < 4.78 is 11.8. The molecule has 0 heterocycles. The van der Waals surface area contributed by atoms with Crippen LogP contribution in [-0.4, -0.2) is 28.8 Å². The summed E-state index contributed by atoms with van der Waals surface area (Å²) in [7, 11) is 0. The molecule has 33 heavy (non-hydrogen) atoms. The van der Waals surface area contributed by atoms with Gasteiger partial charge in [0.2, 0.25) is 0 Å². The predicted molar refractivity (Wildman–Crippen MR) is 133 cm³/mol. The fourth-order valence-electron chi connectivity index (χ4n) is 3.50. The van der Waals surface area contributed by atoms with Crippen LogP contribution < -0.4 is 10.1 Å². The second-order valence-electron chi connectivity index (χ2n) is 7.80. The second-order valence-corrected chi connectivity index (χ2v) is 8.21. The molecule has 0 saturated carbocycles. The molecule has 6 heteroatoms. The third-order valence-corrected chi connectivity index (χ3v) is 5.90. The van der Waals surface area contributed by atoms with E-state index in [1.165, 1.54) is 0 Å². The number of carbonyl (C=O) groups is 1. The monoisotopic (exact) mass is 463 g/mol. The summed E-state index contributed by atoms with van der Waals surface area (Å²) in [4.78, 5) is 11.9. The van der Waals surface area contributed by atoms with E-state index in [1.807, 2.05) is 91.9 Å². The van der Waals surface area contributed by atoms with Gasteiger partial charge in [-0.05, 0) is 37.1 Å². The lowest BCUT2D eigenvalue weighted by molar-refractivity contribution is -0.149. The molecule has 0 amide bonds. The summed E-state index contributed by atoms with van der Waals surface area (Å²) in [5.74, 6) is -0.332. The summed E-state index contributed by atoms with van der Waals surface area (Å²) in [5, 5.41) is 12.7. The molecule has 0 bridgehead atoms. The van der Waals surface area contributed by atoms with Gasteiger partial charge in [0.1, 0.15) is 10.7 Å². The molecule has 172 valence electrons. The zero-order chi connectivity index (χ0) is 23.7. The Kier molecular flexibility index (Phi) is 8.58. The lowest BCUT2D eigenvalue weighted by Crippen LogP contribution is -2.45. The summed E-state index contributed by atoms with van der Waals surface area (Å²) in [5.41, 5.74) is 2.03. The number of aliphatic carboxylic acids is 1. The van der Waals surface area contributed by atoms with Gasteiger partial charge in [0.15, 0.2) is 11.7 Å². The van der Waals surface area contributed by atoms with Crippen LogP contribution in [0.4, 0.5) is 0 Å². The van der Waals surface area contributed by atoms with E-state index >= 15 is 0 Å². The molecule has 0 aliphatic heterocycles. The van der Waals surface area contributed by atoms with Crippen LogP contribution in [-0.2, 0) is 28.1 Å². The molecule has 0 spiro atoms. The van der Waals surface area contributed by atoms with Crippen LogP contribution in [0.1, 0.15) is 30.5 Å². The maximum Gasteiger partial charge on any atom is 0.333 e. The van der Waals surface area contributed by atoms with Gasteiger partial charge in [0.25, 0.3) is 0 Å². The first-order valence-corrected chi connectivity index (χ1v) is 11.3. The Morgan fingerprint density at radius 3 is 2.15 bits per heavy atom. The molecular formula is C27H29NO4S. The quantitative estimate of drug-likeness (QED) is 0.384. The van der Waals surface area contributed by atoms with Crippen molar-refractivity contribution in [2.75, 3.05) is 6.61 Å². The summed E-state index contributed by atoms with van der Waals surface area (Å²) >= 11 is 5.79. The van der Waals surface area contributed by atoms with Gasteiger partial charge in [-0.1, -0.05) is 85.0 Å². The van der Waals surface area contributed by atoms with E-state index in [9.17, 15) is 9.90 Å². The molecule has 0 aromatic heterocycles. The van der Waals surface area contributed by atoms with E-state index < -0.39 is 17.7 Å². The highest BCUT2D eigenvalue weighted by molar-refractivity contribution is 7.80. The molecule has 0 radical (unpaired) electrons. The number of thiocarbonyl (C=S) groups is 1. The number of hydrogen-bond acceptors (Lipinski definition) is 4.